The molecule has 3 aliphatic rings. The number of benzene rings is 2. The number of hydrogen-bond donors (Lipinski definition) is 1. The van der Waals surface area contributed by atoms with Crippen LogP contribution in [0.15, 0.2) is 65.7 Å². The summed E-state index contributed by atoms with van der Waals surface area (Å²) in [5, 5.41) is 0. The van der Waals surface area contributed by atoms with Gasteiger partial charge in [-0.2, -0.15) is 0 Å². The summed E-state index contributed by atoms with van der Waals surface area (Å²) in [4.78, 5) is 41.7. The maximum absolute atomic E-state index is 13.9. The molecule has 12 nitrogen and oxygen atoms in total. The number of carbonyl (C=O) groups excluding carboxylic acids is 1. The van der Waals surface area contributed by atoms with E-state index in [0.29, 0.717) is 34.6 Å². The largest absolute Gasteiger partial charge is 0.457 e. The molecule has 3 aliphatic heterocycles. The second-order valence-corrected chi connectivity index (χ2v) is 14.0. The van der Waals surface area contributed by atoms with E-state index < -0.39 is 5.60 Å². The van der Waals surface area contributed by atoms with Crippen LogP contribution in [0.3, 0.4) is 0 Å². The minimum absolute atomic E-state index is 0.0228. The monoisotopic (exact) mass is 640 g/mol. The van der Waals surface area contributed by atoms with Gasteiger partial charge in [0.15, 0.2) is 11.5 Å². The van der Waals surface area contributed by atoms with Gasteiger partial charge in [-0.05, 0) is 102 Å². The lowest BCUT2D eigenvalue weighted by atomic mass is 9.91. The van der Waals surface area contributed by atoms with E-state index in [2.05, 4.69) is 19.8 Å². The van der Waals surface area contributed by atoms with Gasteiger partial charge in [-0.25, -0.2) is 19.6 Å². The van der Waals surface area contributed by atoms with Crippen molar-refractivity contribution in [2.24, 2.45) is 5.92 Å². The lowest BCUT2D eigenvalue weighted by molar-refractivity contribution is -0.0224. The van der Waals surface area contributed by atoms with Crippen LogP contribution < -0.4 is 16.2 Å². The Kier molecular flexibility index (Phi) is 8.39. The Balaban J connectivity index is 0.930. The summed E-state index contributed by atoms with van der Waals surface area (Å²) in [7, 11) is 0. The Morgan fingerprint density at radius 2 is 1.60 bits per heavy atom. The molecular formula is C35H44N8O4. The fourth-order valence-electron chi connectivity index (χ4n) is 6.95. The molecule has 47 heavy (non-hydrogen) atoms. The Hall–Kier alpha value is -4.42. The molecule has 7 rings (SSSR count). The molecule has 2 aromatic heterocycles. The summed E-state index contributed by atoms with van der Waals surface area (Å²) in [5.74, 6) is 2.39. The van der Waals surface area contributed by atoms with Crippen molar-refractivity contribution < 1.29 is 14.3 Å². The molecule has 248 valence electrons. The van der Waals surface area contributed by atoms with E-state index in [1.807, 2.05) is 80.3 Å². The average molecular weight is 641 g/mol. The Morgan fingerprint density at radius 1 is 0.915 bits per heavy atom. The quantitative estimate of drug-likeness (QED) is 0.296. The van der Waals surface area contributed by atoms with E-state index >= 15 is 0 Å². The van der Waals surface area contributed by atoms with Crippen LogP contribution in [0.5, 0.6) is 11.5 Å². The van der Waals surface area contributed by atoms with Crippen molar-refractivity contribution in [3.05, 3.63) is 71.4 Å². The molecule has 0 spiro atoms. The third kappa shape index (κ3) is 6.57. The second-order valence-electron chi connectivity index (χ2n) is 14.0. The van der Waals surface area contributed by atoms with Crippen LogP contribution in [0.2, 0.25) is 0 Å². The fraction of sp³-hybridized carbons (Fsp3) is 0.486. The van der Waals surface area contributed by atoms with Crippen molar-refractivity contribution in [3.63, 3.8) is 0 Å². The summed E-state index contributed by atoms with van der Waals surface area (Å²) in [5.41, 5.74) is 7.47. The smallest absolute Gasteiger partial charge is 0.410 e. The number of likely N-dealkylation sites (tertiary alicyclic amines) is 3. The Bertz CT molecular complexity index is 1760. The van der Waals surface area contributed by atoms with Crippen LogP contribution in [-0.2, 0) is 4.74 Å². The Morgan fingerprint density at radius 3 is 2.28 bits per heavy atom. The van der Waals surface area contributed by atoms with Gasteiger partial charge in [-0.15, -0.1) is 0 Å². The predicted octanol–water partition coefficient (Wildman–Crippen LogP) is 4.53. The van der Waals surface area contributed by atoms with Gasteiger partial charge in [-0.3, -0.25) is 18.9 Å². The molecule has 2 N–H and O–H groups in total. The average Bonchev–Trinajstić information content (AvgIpc) is 3.29. The number of fused-ring (bicyclic) bond motifs is 1. The van der Waals surface area contributed by atoms with Gasteiger partial charge in [0.25, 0.3) is 0 Å². The molecule has 0 unspecified atom stereocenters. The summed E-state index contributed by atoms with van der Waals surface area (Å²) in [6.07, 6.45) is 4.73. The number of anilines is 1. The van der Waals surface area contributed by atoms with Gasteiger partial charge in [0, 0.05) is 32.2 Å². The van der Waals surface area contributed by atoms with Crippen molar-refractivity contribution in [1.82, 2.24) is 33.8 Å². The number of rotatable bonds is 8. The number of para-hydroxylation sites is 1. The van der Waals surface area contributed by atoms with Gasteiger partial charge in [0.05, 0.1) is 11.7 Å². The molecular weight excluding hydrogens is 596 g/mol. The standard InChI is InChI=1S/C35H44N8O4/c1-35(2,3)47-34(45)41-21-26(22-41)40-17-14-24(15-18-40)13-16-39-19-27(20-39)43-32-30(31(36)37-23-38-32)42(33(43)44)25-9-11-29(12-10-25)46-28-7-5-4-6-8-28/h4-12,23-24,26-27H,13-22H2,1-3H3,(H2,36,37,38). The van der Waals surface area contributed by atoms with E-state index in [0.717, 1.165) is 58.0 Å². The molecule has 2 aromatic carbocycles. The number of ether oxygens (including phenoxy) is 2. The number of hydrogen-bond acceptors (Lipinski definition) is 9. The number of imidazole rings is 1. The number of piperidine rings is 1. The number of amides is 1. The van der Waals surface area contributed by atoms with E-state index in [1.165, 1.54) is 19.2 Å². The molecule has 3 saturated heterocycles. The van der Waals surface area contributed by atoms with Gasteiger partial charge in [0.1, 0.15) is 28.9 Å². The third-order valence-corrected chi connectivity index (χ3v) is 9.59. The number of carbonyl (C=O) groups is 1. The minimum Gasteiger partial charge on any atom is -0.457 e. The van der Waals surface area contributed by atoms with Gasteiger partial charge < -0.3 is 20.1 Å². The topological polar surface area (TPSA) is 124 Å². The zero-order valence-electron chi connectivity index (χ0n) is 27.4. The van der Waals surface area contributed by atoms with Gasteiger partial charge in [-0.1, -0.05) is 18.2 Å². The number of aromatic nitrogens is 4. The van der Waals surface area contributed by atoms with Crippen molar-refractivity contribution in [3.8, 4) is 17.2 Å². The summed E-state index contributed by atoms with van der Waals surface area (Å²) in [6.45, 7) is 12.0. The summed E-state index contributed by atoms with van der Waals surface area (Å²) >= 11 is 0. The van der Waals surface area contributed by atoms with Crippen LogP contribution in [0.25, 0.3) is 16.9 Å². The first kappa shape index (κ1) is 31.2. The lowest BCUT2D eigenvalue weighted by Crippen LogP contribution is -2.62. The first-order chi connectivity index (χ1) is 22.6. The van der Waals surface area contributed by atoms with E-state index in [1.54, 1.807) is 9.13 Å². The third-order valence-electron chi connectivity index (χ3n) is 9.59. The van der Waals surface area contributed by atoms with Gasteiger partial charge in [0.2, 0.25) is 0 Å². The van der Waals surface area contributed by atoms with Crippen LogP contribution >= 0.6 is 0 Å². The highest BCUT2D eigenvalue weighted by Crippen LogP contribution is 2.31. The molecule has 12 heteroatoms. The first-order valence-electron chi connectivity index (χ1n) is 16.6. The molecule has 0 saturated carbocycles. The maximum Gasteiger partial charge on any atom is 0.410 e. The SMILES string of the molecule is CC(C)(C)OC(=O)N1CC(N2CCC(CCN3CC(n4c(=O)n(-c5ccc(Oc6ccccc6)cc5)c5c(N)ncnc54)C3)CC2)C1. The maximum atomic E-state index is 13.9. The first-order valence-corrected chi connectivity index (χ1v) is 16.6. The van der Waals surface area contributed by atoms with Crippen LogP contribution in [-0.4, -0.2) is 97.4 Å². The molecule has 3 fully saturated rings. The van der Waals surface area contributed by atoms with Crippen LogP contribution in [0, 0.1) is 5.92 Å². The molecule has 0 radical (unpaired) electrons. The van der Waals surface area contributed by atoms with Crippen molar-refractivity contribution in [2.45, 2.75) is 57.7 Å². The predicted molar refractivity (Wildman–Crippen MR) is 180 cm³/mol. The number of nitrogens with zero attached hydrogens (tertiary/aromatic N) is 7. The van der Waals surface area contributed by atoms with Crippen molar-refractivity contribution in [2.75, 3.05) is 51.5 Å². The highest BCUT2D eigenvalue weighted by Gasteiger charge is 2.39. The van der Waals surface area contributed by atoms with Crippen LogP contribution in [0.1, 0.15) is 46.1 Å². The number of nitrogens with two attached hydrogens (primary N) is 1. The molecule has 0 bridgehead atoms. The molecule has 5 heterocycles. The van der Waals surface area contributed by atoms with Gasteiger partial charge >= 0.3 is 11.8 Å². The van der Waals surface area contributed by atoms with Crippen molar-refractivity contribution in [1.29, 1.82) is 0 Å². The van der Waals surface area contributed by atoms with Crippen LogP contribution in [0.4, 0.5) is 10.6 Å². The van der Waals surface area contributed by atoms with E-state index in [9.17, 15) is 9.59 Å². The summed E-state index contributed by atoms with van der Waals surface area (Å²) < 4.78 is 14.8. The fourth-order valence-corrected chi connectivity index (χ4v) is 6.95. The molecule has 1 amide bonds. The zero-order chi connectivity index (χ0) is 32.7. The normalized spacial score (nSPS) is 18.7. The zero-order valence-corrected chi connectivity index (χ0v) is 27.4. The number of nitrogen functional groups attached to an aromatic ring is 1. The lowest BCUT2D eigenvalue weighted by Gasteiger charge is -2.47. The van der Waals surface area contributed by atoms with E-state index in [-0.39, 0.29) is 23.6 Å². The highest BCUT2D eigenvalue weighted by atomic mass is 16.6. The molecule has 0 aliphatic carbocycles. The molecule has 4 aromatic rings. The summed E-state index contributed by atoms with van der Waals surface area (Å²) in [6, 6.07) is 17.5. The Labute approximate surface area is 274 Å². The second kappa shape index (κ2) is 12.6. The minimum atomic E-state index is -0.458. The highest BCUT2D eigenvalue weighted by molar-refractivity contribution is 5.84. The van der Waals surface area contributed by atoms with E-state index in [4.69, 9.17) is 15.2 Å². The van der Waals surface area contributed by atoms with Crippen molar-refractivity contribution >= 4 is 23.1 Å². The molecule has 0 atom stereocenters.